The van der Waals surface area contributed by atoms with Gasteiger partial charge in [-0.15, -0.1) is 0 Å². The van der Waals surface area contributed by atoms with Crippen LogP contribution in [0.25, 0.3) is 0 Å². The summed E-state index contributed by atoms with van der Waals surface area (Å²) in [6.07, 6.45) is 11.2. The molecule has 0 saturated heterocycles. The summed E-state index contributed by atoms with van der Waals surface area (Å²) in [5.74, 6) is -0.0742. The van der Waals surface area contributed by atoms with Crippen LogP contribution in [-0.2, 0) is 4.79 Å². The number of carbonyl (C=O) groups is 2. The van der Waals surface area contributed by atoms with Crippen LogP contribution < -0.4 is 10.2 Å². The highest BCUT2D eigenvalue weighted by Gasteiger charge is 2.36. The number of amides is 2. The molecule has 0 aliphatic heterocycles. The summed E-state index contributed by atoms with van der Waals surface area (Å²) < 4.78 is 0. The molecular formula is C26H31N5O2. The molecule has 0 spiro atoms. The number of nitrogens with one attached hydrogen (secondary N) is 2. The van der Waals surface area contributed by atoms with Crippen LogP contribution >= 0.6 is 0 Å². The number of rotatable bonds is 6. The lowest BCUT2D eigenvalue weighted by Gasteiger charge is -2.33. The summed E-state index contributed by atoms with van der Waals surface area (Å²) in [5.41, 5.74) is 2.32. The zero-order chi connectivity index (χ0) is 23.4. The van der Waals surface area contributed by atoms with Crippen molar-refractivity contribution in [2.45, 2.75) is 64.0 Å². The molecule has 1 saturated carbocycles. The fraction of sp³-hybridized carbons (Fsp3) is 0.385. The fourth-order valence-corrected chi connectivity index (χ4v) is 4.44. The maximum atomic E-state index is 13.7. The number of aromatic nitrogens is 3. The van der Waals surface area contributed by atoms with E-state index in [1.807, 2.05) is 39.0 Å². The molecular weight excluding hydrogens is 414 g/mol. The second-order valence-corrected chi connectivity index (χ2v) is 9.63. The lowest BCUT2D eigenvalue weighted by molar-refractivity contribution is -0.123. The molecule has 2 amide bonds. The minimum atomic E-state index is -0.903. The summed E-state index contributed by atoms with van der Waals surface area (Å²) in [4.78, 5) is 40.0. The van der Waals surface area contributed by atoms with Crippen LogP contribution in [0.2, 0.25) is 0 Å². The van der Waals surface area contributed by atoms with Crippen molar-refractivity contribution in [2.75, 3.05) is 4.90 Å². The first kappa shape index (κ1) is 22.7. The highest BCUT2D eigenvalue weighted by atomic mass is 16.2. The van der Waals surface area contributed by atoms with Crippen LogP contribution in [-0.4, -0.2) is 32.3 Å². The summed E-state index contributed by atoms with van der Waals surface area (Å²) in [5, 5.41) is 3.04. The van der Waals surface area contributed by atoms with Gasteiger partial charge in [0.2, 0.25) is 5.91 Å². The van der Waals surface area contributed by atoms with Crippen molar-refractivity contribution < 1.29 is 9.59 Å². The molecule has 2 N–H and O–H groups in total. The maximum Gasteiger partial charge on any atom is 0.279 e. The molecule has 1 aliphatic rings. The van der Waals surface area contributed by atoms with Gasteiger partial charge in [-0.1, -0.05) is 31.0 Å². The predicted octanol–water partition coefficient (Wildman–Crippen LogP) is 4.77. The van der Waals surface area contributed by atoms with E-state index < -0.39 is 11.6 Å². The highest BCUT2D eigenvalue weighted by Crippen LogP contribution is 2.36. The molecule has 3 aromatic rings. The van der Waals surface area contributed by atoms with Crippen LogP contribution in [0.1, 0.15) is 80.0 Å². The monoisotopic (exact) mass is 445 g/mol. The second-order valence-electron chi connectivity index (χ2n) is 9.63. The third kappa shape index (κ3) is 5.30. The molecule has 7 heteroatoms. The normalized spacial score (nSPS) is 15.2. The number of hydrogen-bond acceptors (Lipinski definition) is 4. The van der Waals surface area contributed by atoms with Gasteiger partial charge in [-0.2, -0.15) is 0 Å². The third-order valence-electron chi connectivity index (χ3n) is 5.94. The van der Waals surface area contributed by atoms with E-state index in [0.717, 1.165) is 0 Å². The first-order valence-corrected chi connectivity index (χ1v) is 11.5. The predicted molar refractivity (Wildman–Crippen MR) is 128 cm³/mol. The van der Waals surface area contributed by atoms with Gasteiger partial charge in [0.1, 0.15) is 11.7 Å². The van der Waals surface area contributed by atoms with Crippen molar-refractivity contribution in [3.05, 3.63) is 78.1 Å². The van der Waals surface area contributed by atoms with E-state index in [9.17, 15) is 9.59 Å². The minimum absolute atomic E-state index is 0.243. The molecule has 172 valence electrons. The number of carbonyl (C=O) groups excluding carboxylic acids is 2. The number of benzene rings is 1. The molecule has 1 atom stereocenters. The molecule has 1 unspecified atom stereocenters. The van der Waals surface area contributed by atoms with Gasteiger partial charge in [0.25, 0.3) is 5.91 Å². The van der Waals surface area contributed by atoms with Gasteiger partial charge in [-0.3, -0.25) is 19.5 Å². The Morgan fingerprint density at radius 2 is 1.85 bits per heavy atom. The zero-order valence-electron chi connectivity index (χ0n) is 19.4. The first-order valence-electron chi connectivity index (χ1n) is 11.5. The molecule has 2 heterocycles. The molecule has 4 rings (SSSR count). The topological polar surface area (TPSA) is 91.0 Å². The second kappa shape index (κ2) is 9.57. The standard InChI is InChI=1S/C26H31N5O2/c1-26(2,3)30-24(32)23(20-9-6-14-27-15-20)31(25(33)22-16-28-17-29-22)21-12-10-19(11-13-21)18-7-4-5-8-18/h6,9-18,23H,4-5,7-8H2,1-3H3,(H,28,29)(H,30,32). The molecule has 1 aromatic carbocycles. The van der Waals surface area contributed by atoms with Crippen molar-refractivity contribution in [2.24, 2.45) is 0 Å². The molecule has 1 aliphatic carbocycles. The maximum absolute atomic E-state index is 13.7. The Labute approximate surface area is 194 Å². The van der Waals surface area contributed by atoms with Crippen molar-refractivity contribution in [3.63, 3.8) is 0 Å². The number of anilines is 1. The molecule has 0 radical (unpaired) electrons. The lowest BCUT2D eigenvalue weighted by atomic mass is 9.96. The van der Waals surface area contributed by atoms with Gasteiger partial charge in [-0.05, 0) is 63.3 Å². The third-order valence-corrected chi connectivity index (χ3v) is 5.94. The first-order chi connectivity index (χ1) is 15.8. The molecule has 0 bridgehead atoms. The Morgan fingerprint density at radius 1 is 1.12 bits per heavy atom. The average molecular weight is 446 g/mol. The van der Waals surface area contributed by atoms with E-state index in [-0.39, 0.29) is 17.5 Å². The number of H-pyrrole nitrogens is 1. The molecule has 33 heavy (non-hydrogen) atoms. The lowest BCUT2D eigenvalue weighted by Crippen LogP contribution is -2.49. The molecule has 2 aromatic heterocycles. The Bertz CT molecular complexity index is 1070. The van der Waals surface area contributed by atoms with Gasteiger partial charge >= 0.3 is 0 Å². The van der Waals surface area contributed by atoms with Crippen molar-refractivity contribution >= 4 is 17.5 Å². The molecule has 1 fully saturated rings. The number of pyridine rings is 1. The summed E-state index contributed by atoms with van der Waals surface area (Å²) in [6, 6.07) is 10.7. The molecule has 7 nitrogen and oxygen atoms in total. The summed E-state index contributed by atoms with van der Waals surface area (Å²) in [7, 11) is 0. The fourth-order valence-electron chi connectivity index (χ4n) is 4.44. The average Bonchev–Trinajstić information content (AvgIpc) is 3.51. The minimum Gasteiger partial charge on any atom is -0.350 e. The number of nitrogens with zero attached hydrogens (tertiary/aromatic N) is 3. The number of hydrogen-bond donors (Lipinski definition) is 2. The largest absolute Gasteiger partial charge is 0.350 e. The quantitative estimate of drug-likeness (QED) is 0.572. The zero-order valence-corrected chi connectivity index (χ0v) is 19.4. The Morgan fingerprint density at radius 3 is 2.42 bits per heavy atom. The van der Waals surface area contributed by atoms with Crippen LogP contribution in [0.15, 0.2) is 61.3 Å². The van der Waals surface area contributed by atoms with E-state index in [1.54, 1.807) is 24.7 Å². The van der Waals surface area contributed by atoms with Gasteiger partial charge in [0, 0.05) is 35.4 Å². The van der Waals surface area contributed by atoms with E-state index >= 15 is 0 Å². The number of aromatic amines is 1. The van der Waals surface area contributed by atoms with Crippen molar-refractivity contribution in [1.29, 1.82) is 0 Å². The van der Waals surface area contributed by atoms with Crippen molar-refractivity contribution in [1.82, 2.24) is 20.3 Å². The Hall–Kier alpha value is -3.48. The van der Waals surface area contributed by atoms with E-state index in [2.05, 4.69) is 32.4 Å². The summed E-state index contributed by atoms with van der Waals surface area (Å²) in [6.45, 7) is 5.75. The van der Waals surface area contributed by atoms with Gasteiger partial charge < -0.3 is 10.3 Å². The van der Waals surface area contributed by atoms with Crippen LogP contribution in [0.3, 0.4) is 0 Å². The van der Waals surface area contributed by atoms with E-state index in [4.69, 9.17) is 0 Å². The SMILES string of the molecule is CC(C)(C)NC(=O)C(c1cccnc1)N(C(=O)c1c[nH]cn1)c1ccc(C2CCCC2)cc1. The van der Waals surface area contributed by atoms with E-state index in [0.29, 0.717) is 17.2 Å². The van der Waals surface area contributed by atoms with Gasteiger partial charge in [0.15, 0.2) is 0 Å². The van der Waals surface area contributed by atoms with Crippen LogP contribution in [0.4, 0.5) is 5.69 Å². The smallest absolute Gasteiger partial charge is 0.279 e. The Balaban J connectivity index is 1.78. The van der Waals surface area contributed by atoms with Gasteiger partial charge in [-0.25, -0.2) is 4.98 Å². The van der Waals surface area contributed by atoms with E-state index in [1.165, 1.54) is 42.5 Å². The highest BCUT2D eigenvalue weighted by molar-refractivity contribution is 6.09. The van der Waals surface area contributed by atoms with Crippen molar-refractivity contribution in [3.8, 4) is 0 Å². The van der Waals surface area contributed by atoms with Crippen LogP contribution in [0.5, 0.6) is 0 Å². The van der Waals surface area contributed by atoms with Gasteiger partial charge in [0.05, 0.1) is 6.33 Å². The summed E-state index contributed by atoms with van der Waals surface area (Å²) >= 11 is 0. The van der Waals surface area contributed by atoms with Crippen LogP contribution in [0, 0.1) is 0 Å². The Kier molecular flexibility index (Phi) is 6.58. The number of imidazole rings is 1.